The molecule has 0 aliphatic carbocycles. The second-order valence-corrected chi connectivity index (χ2v) is 14.6. The molecule has 1 aliphatic rings. The van der Waals surface area contributed by atoms with Crippen molar-refractivity contribution in [1.82, 2.24) is 0 Å². The Balaban J connectivity index is 2.29. The third kappa shape index (κ3) is 20.8. The molecule has 1 aliphatic heterocycles. The minimum absolute atomic E-state index is 0.0288. The summed E-state index contributed by atoms with van der Waals surface area (Å²) in [6, 6.07) is -1.18. The maximum absolute atomic E-state index is 12.3. The van der Waals surface area contributed by atoms with Gasteiger partial charge in [-0.05, 0) is 6.42 Å². The van der Waals surface area contributed by atoms with Crippen molar-refractivity contribution in [2.45, 2.75) is 147 Å². The number of phosphoric ester groups is 1. The molecule has 0 radical (unpaired) electrons. The summed E-state index contributed by atoms with van der Waals surface area (Å²) >= 11 is 0. The summed E-state index contributed by atoms with van der Waals surface area (Å²) in [5, 5.41) is 29.7. The maximum atomic E-state index is 12.3. The van der Waals surface area contributed by atoms with Gasteiger partial charge in [0.15, 0.2) is 12.6 Å². The number of aliphatic hydroxyl groups excluding tert-OH is 3. The Kier molecular flexibility index (Phi) is 22.8. The van der Waals surface area contributed by atoms with Crippen LogP contribution >= 0.6 is 7.82 Å². The monoisotopic (exact) mass is 656 g/mol. The van der Waals surface area contributed by atoms with Crippen molar-refractivity contribution in [3.8, 4) is 0 Å². The molecule has 44 heavy (non-hydrogen) atoms. The number of nitrogens with two attached hydrogens (primary N) is 1. The van der Waals surface area contributed by atoms with Crippen molar-refractivity contribution in [2.75, 3.05) is 54.1 Å². The minimum Gasteiger partial charge on any atom is -0.756 e. The Labute approximate surface area is 266 Å². The molecule has 0 amide bonds. The van der Waals surface area contributed by atoms with E-state index in [1.54, 1.807) is 0 Å². The van der Waals surface area contributed by atoms with E-state index in [4.69, 9.17) is 29.0 Å². The van der Waals surface area contributed by atoms with Gasteiger partial charge in [0, 0.05) is 6.61 Å². The SMILES string of the molecule is CCCCCCCCCCCCCCCCCCOC[C@H](COP(=O)([O-])OCC[N+](C)(C)C)OC1OC(O)C(O)C(O)C1N. The summed E-state index contributed by atoms with van der Waals surface area (Å²) in [5.41, 5.74) is 5.92. The number of hydrogen-bond donors (Lipinski definition) is 4. The first-order chi connectivity index (χ1) is 20.9. The van der Waals surface area contributed by atoms with Crippen LogP contribution < -0.4 is 10.6 Å². The van der Waals surface area contributed by atoms with Crippen LogP contribution in [0, 0.1) is 0 Å². The molecule has 0 spiro atoms. The third-order valence-corrected chi connectivity index (χ3v) is 8.79. The Morgan fingerprint density at radius 1 is 0.773 bits per heavy atom. The van der Waals surface area contributed by atoms with E-state index in [0.717, 1.165) is 19.3 Å². The normalized spacial score (nSPS) is 24.8. The van der Waals surface area contributed by atoms with Gasteiger partial charge in [-0.3, -0.25) is 4.57 Å². The molecule has 7 atom stereocenters. The minimum atomic E-state index is -4.62. The lowest BCUT2D eigenvalue weighted by molar-refractivity contribution is -0.870. The van der Waals surface area contributed by atoms with Crippen LogP contribution in [0.25, 0.3) is 0 Å². The van der Waals surface area contributed by atoms with Crippen molar-refractivity contribution in [3.63, 3.8) is 0 Å². The molecule has 5 N–H and O–H groups in total. The molecule has 1 saturated heterocycles. The number of rotatable bonds is 28. The van der Waals surface area contributed by atoms with Crippen LogP contribution in [0.4, 0.5) is 0 Å². The predicted molar refractivity (Wildman–Crippen MR) is 169 cm³/mol. The number of ether oxygens (including phenoxy) is 3. The van der Waals surface area contributed by atoms with Crippen LogP contribution in [-0.2, 0) is 27.8 Å². The van der Waals surface area contributed by atoms with Crippen LogP contribution in [0.3, 0.4) is 0 Å². The number of phosphoric acid groups is 1. The van der Waals surface area contributed by atoms with Crippen LogP contribution in [0.5, 0.6) is 0 Å². The number of nitrogens with zero attached hydrogens (tertiary/aromatic N) is 1. The van der Waals surface area contributed by atoms with Crippen LogP contribution in [0.1, 0.15) is 110 Å². The maximum Gasteiger partial charge on any atom is 0.268 e. The average molecular weight is 657 g/mol. The van der Waals surface area contributed by atoms with Crippen LogP contribution in [0.15, 0.2) is 0 Å². The first-order valence-electron chi connectivity index (χ1n) is 17.0. The van der Waals surface area contributed by atoms with Crippen LogP contribution in [0.2, 0.25) is 0 Å². The molecular weight excluding hydrogens is 591 g/mol. The Bertz CT molecular complexity index is 745. The van der Waals surface area contributed by atoms with E-state index in [1.165, 1.54) is 83.5 Å². The molecule has 1 rings (SSSR count). The Hall–Kier alpha value is -0.210. The van der Waals surface area contributed by atoms with Gasteiger partial charge < -0.3 is 53.7 Å². The second-order valence-electron chi connectivity index (χ2n) is 13.2. The number of likely N-dealkylation sites (N-methyl/N-ethyl adjacent to an activating group) is 1. The molecule has 1 fully saturated rings. The fraction of sp³-hybridized carbons (Fsp3) is 1.00. The first kappa shape index (κ1) is 41.8. The van der Waals surface area contributed by atoms with Gasteiger partial charge in [0.05, 0.1) is 40.4 Å². The standard InChI is InChI=1S/C31H65N2O10P/c1-5-6-7-8-9-10-11-12-13-14-15-16-17-18-19-20-22-39-24-26(25-41-44(37,38)40-23-21-33(2,3)4)42-31-27(32)28(34)29(35)30(36)43-31/h26-31,34-36H,5-25,32H2,1-4H3/t26-,27?,28?,29?,30?,31?/m1/s1. The molecular formula is C31H65N2O10P. The van der Waals surface area contributed by atoms with Gasteiger partial charge in [-0.1, -0.05) is 103 Å². The molecule has 0 aromatic rings. The zero-order chi connectivity index (χ0) is 32.8. The lowest BCUT2D eigenvalue weighted by atomic mass is 10.0. The lowest BCUT2D eigenvalue weighted by Gasteiger charge is -2.40. The second kappa shape index (κ2) is 24.0. The smallest absolute Gasteiger partial charge is 0.268 e. The van der Waals surface area contributed by atoms with E-state index in [0.29, 0.717) is 17.6 Å². The van der Waals surface area contributed by atoms with Gasteiger partial charge in [0.1, 0.15) is 31.5 Å². The Morgan fingerprint density at radius 2 is 1.27 bits per heavy atom. The highest BCUT2D eigenvalue weighted by molar-refractivity contribution is 7.45. The zero-order valence-electron chi connectivity index (χ0n) is 28.0. The summed E-state index contributed by atoms with van der Waals surface area (Å²) in [7, 11) is 1.11. The first-order valence-corrected chi connectivity index (χ1v) is 18.4. The van der Waals surface area contributed by atoms with Gasteiger partial charge in [-0.2, -0.15) is 0 Å². The van der Waals surface area contributed by atoms with Gasteiger partial charge >= 0.3 is 0 Å². The number of hydrogen-bond acceptors (Lipinski definition) is 11. The molecule has 264 valence electrons. The van der Waals surface area contributed by atoms with Crippen molar-refractivity contribution in [2.24, 2.45) is 5.73 Å². The average Bonchev–Trinajstić information content (AvgIpc) is 2.95. The Morgan fingerprint density at radius 3 is 1.77 bits per heavy atom. The fourth-order valence-electron chi connectivity index (χ4n) is 4.91. The molecule has 0 aromatic carbocycles. The molecule has 1 heterocycles. The van der Waals surface area contributed by atoms with Crippen molar-refractivity contribution < 1.29 is 52.5 Å². The van der Waals surface area contributed by atoms with Crippen LogP contribution in [-0.4, -0.2) is 111 Å². The largest absolute Gasteiger partial charge is 0.756 e. The number of unbranched alkanes of at least 4 members (excludes halogenated alkanes) is 15. The highest BCUT2D eigenvalue weighted by atomic mass is 31.2. The van der Waals surface area contributed by atoms with E-state index < -0.39 is 51.4 Å². The lowest BCUT2D eigenvalue weighted by Crippen LogP contribution is -2.62. The van der Waals surface area contributed by atoms with Gasteiger partial charge in [-0.25, -0.2) is 0 Å². The summed E-state index contributed by atoms with van der Waals surface area (Å²) < 4.78 is 39.5. The zero-order valence-corrected chi connectivity index (χ0v) is 28.9. The van der Waals surface area contributed by atoms with E-state index >= 15 is 0 Å². The molecule has 0 saturated carbocycles. The fourth-order valence-corrected chi connectivity index (χ4v) is 5.64. The molecule has 13 heteroatoms. The summed E-state index contributed by atoms with van der Waals surface area (Å²) in [4.78, 5) is 12.3. The summed E-state index contributed by atoms with van der Waals surface area (Å²) in [5.74, 6) is 0. The molecule has 0 aromatic heterocycles. The summed E-state index contributed by atoms with van der Waals surface area (Å²) in [6.07, 6.45) is 13.3. The van der Waals surface area contributed by atoms with Crippen molar-refractivity contribution >= 4 is 7.82 Å². The molecule has 0 bridgehead atoms. The van der Waals surface area contributed by atoms with Crippen molar-refractivity contribution in [1.29, 1.82) is 0 Å². The number of quaternary nitrogens is 1. The van der Waals surface area contributed by atoms with E-state index in [9.17, 15) is 24.8 Å². The highest BCUT2D eigenvalue weighted by Crippen LogP contribution is 2.38. The molecule has 6 unspecified atom stereocenters. The van der Waals surface area contributed by atoms with E-state index in [1.807, 2.05) is 21.1 Å². The van der Waals surface area contributed by atoms with Gasteiger partial charge in [0.2, 0.25) is 0 Å². The quantitative estimate of drug-likeness (QED) is 0.0551. The molecule has 12 nitrogen and oxygen atoms in total. The van der Waals surface area contributed by atoms with E-state index in [2.05, 4.69) is 6.92 Å². The van der Waals surface area contributed by atoms with E-state index in [-0.39, 0.29) is 13.2 Å². The van der Waals surface area contributed by atoms with Gasteiger partial charge in [-0.15, -0.1) is 0 Å². The number of aliphatic hydroxyl groups is 3. The highest BCUT2D eigenvalue weighted by Gasteiger charge is 2.43. The van der Waals surface area contributed by atoms with Crippen molar-refractivity contribution in [3.05, 3.63) is 0 Å². The third-order valence-electron chi connectivity index (χ3n) is 7.83. The summed E-state index contributed by atoms with van der Waals surface area (Å²) in [6.45, 7) is 2.66. The predicted octanol–water partition coefficient (Wildman–Crippen LogP) is 3.58. The van der Waals surface area contributed by atoms with Gasteiger partial charge in [0.25, 0.3) is 7.82 Å². The topological polar surface area (TPSA) is 173 Å².